The van der Waals surface area contributed by atoms with Gasteiger partial charge in [-0.1, -0.05) is 49.8 Å². The highest BCUT2D eigenvalue weighted by atomic mass is 28.3. The largest absolute Gasteiger partial charge is 0.508 e. The Bertz CT molecular complexity index is 671. The Balaban J connectivity index is 2.43. The van der Waals surface area contributed by atoms with Gasteiger partial charge in [0, 0.05) is 0 Å². The number of ether oxygens (including phenoxy) is 1. The monoisotopic (exact) mass is 310 g/mol. The van der Waals surface area contributed by atoms with Gasteiger partial charge in [0.2, 0.25) is 0 Å². The summed E-state index contributed by atoms with van der Waals surface area (Å²) in [6.07, 6.45) is 0. The van der Waals surface area contributed by atoms with Crippen LogP contribution in [-0.4, -0.2) is 20.3 Å². The highest BCUT2D eigenvalue weighted by molar-refractivity contribution is 6.83. The van der Waals surface area contributed by atoms with E-state index in [0.717, 1.165) is 16.9 Å². The number of phenols is 1. The highest BCUT2D eigenvalue weighted by Crippen LogP contribution is 2.27. The number of rotatable bonds is 3. The Morgan fingerprint density at radius 1 is 0.909 bits per heavy atom. The van der Waals surface area contributed by atoms with E-state index in [-0.39, 0.29) is 11.7 Å². The third-order valence-corrected chi connectivity index (χ3v) is 4.16. The average Bonchev–Trinajstić information content (AvgIpc) is 2.49. The van der Waals surface area contributed by atoms with E-state index in [0.29, 0.717) is 0 Å². The zero-order valence-corrected chi connectivity index (χ0v) is 14.6. The second-order valence-electron chi connectivity index (χ2n) is 6.32. The molecule has 3 heteroatoms. The molecule has 0 radical (unpaired) electrons. The van der Waals surface area contributed by atoms with E-state index < -0.39 is 8.07 Å². The molecule has 1 N–H and O–H groups in total. The number of methoxy groups -OCH3 is 1. The van der Waals surface area contributed by atoms with Gasteiger partial charge in [0.15, 0.2) is 0 Å². The van der Waals surface area contributed by atoms with Crippen LogP contribution in [0.5, 0.6) is 11.5 Å². The Morgan fingerprint density at radius 2 is 1.41 bits per heavy atom. The van der Waals surface area contributed by atoms with Crippen molar-refractivity contribution in [2.24, 2.45) is 0 Å². The van der Waals surface area contributed by atoms with E-state index in [4.69, 9.17) is 4.74 Å². The molecule has 0 aliphatic heterocycles. The molecule has 1 unspecified atom stereocenters. The smallest absolute Gasteiger partial charge is 0.129 e. The molecular formula is C19H22O2Si. The lowest BCUT2D eigenvalue weighted by atomic mass is 9.92. The first-order valence-corrected chi connectivity index (χ1v) is 10.8. The van der Waals surface area contributed by atoms with Gasteiger partial charge in [0.05, 0.1) is 13.0 Å². The Labute approximate surface area is 133 Å². The van der Waals surface area contributed by atoms with Crippen LogP contribution in [0.3, 0.4) is 0 Å². The summed E-state index contributed by atoms with van der Waals surface area (Å²) in [5.74, 6) is 4.56. The van der Waals surface area contributed by atoms with Crippen LogP contribution in [0.4, 0.5) is 0 Å². The zero-order chi connectivity index (χ0) is 16.2. The van der Waals surface area contributed by atoms with Crippen LogP contribution in [0.25, 0.3) is 0 Å². The predicted octanol–water partition coefficient (Wildman–Crippen LogP) is 4.41. The van der Waals surface area contributed by atoms with Crippen LogP contribution in [0.15, 0.2) is 48.5 Å². The standard InChI is InChI=1S/C19H22O2Si/c1-21-18-11-7-16(8-12-18)19(13-14-22(2,3)4)15-5-9-17(20)10-6-15/h5-12,19-20H,1-4H3. The summed E-state index contributed by atoms with van der Waals surface area (Å²) in [4.78, 5) is 0. The van der Waals surface area contributed by atoms with Gasteiger partial charge in [-0.25, -0.2) is 0 Å². The van der Waals surface area contributed by atoms with Gasteiger partial charge in [-0.3, -0.25) is 0 Å². The van der Waals surface area contributed by atoms with Crippen LogP contribution in [0.2, 0.25) is 19.6 Å². The van der Waals surface area contributed by atoms with Crippen LogP contribution in [0.1, 0.15) is 17.0 Å². The molecule has 0 fully saturated rings. The molecule has 0 amide bonds. The van der Waals surface area contributed by atoms with Crippen LogP contribution in [-0.2, 0) is 0 Å². The second kappa shape index (κ2) is 6.72. The fourth-order valence-corrected chi connectivity index (χ4v) is 2.69. The quantitative estimate of drug-likeness (QED) is 0.672. The summed E-state index contributed by atoms with van der Waals surface area (Å²) in [7, 11) is 0.215. The Hall–Kier alpha value is -2.18. The fourth-order valence-electron chi connectivity index (χ4n) is 2.11. The second-order valence-corrected chi connectivity index (χ2v) is 11.1. The third-order valence-electron chi connectivity index (χ3n) is 3.27. The summed E-state index contributed by atoms with van der Waals surface area (Å²) in [6.45, 7) is 6.71. The van der Waals surface area contributed by atoms with Gasteiger partial charge in [-0.2, -0.15) is 0 Å². The van der Waals surface area contributed by atoms with Crippen molar-refractivity contribution in [1.82, 2.24) is 0 Å². The molecule has 0 aromatic heterocycles. The molecule has 0 saturated heterocycles. The molecular weight excluding hydrogens is 288 g/mol. The summed E-state index contributed by atoms with van der Waals surface area (Å²) < 4.78 is 5.22. The lowest BCUT2D eigenvalue weighted by molar-refractivity contribution is 0.414. The number of hydrogen-bond donors (Lipinski definition) is 1. The molecule has 1 atom stereocenters. The Kier molecular flexibility index (Phi) is 4.94. The summed E-state index contributed by atoms with van der Waals surface area (Å²) in [5, 5.41) is 9.49. The zero-order valence-electron chi connectivity index (χ0n) is 13.6. The topological polar surface area (TPSA) is 29.5 Å². The van der Waals surface area contributed by atoms with E-state index in [2.05, 4.69) is 43.2 Å². The van der Waals surface area contributed by atoms with E-state index in [1.807, 2.05) is 24.3 Å². The highest BCUT2D eigenvalue weighted by Gasteiger charge is 2.14. The molecule has 2 nitrogen and oxygen atoms in total. The first-order valence-electron chi connectivity index (χ1n) is 7.34. The molecule has 2 aromatic rings. The summed E-state index contributed by atoms with van der Waals surface area (Å²) in [5.41, 5.74) is 5.69. The maximum Gasteiger partial charge on any atom is 0.129 e. The average molecular weight is 310 g/mol. The molecule has 0 aliphatic carbocycles. The van der Waals surface area contributed by atoms with Crippen molar-refractivity contribution in [1.29, 1.82) is 0 Å². The Morgan fingerprint density at radius 3 is 1.86 bits per heavy atom. The van der Waals surface area contributed by atoms with Crippen LogP contribution < -0.4 is 4.74 Å². The molecule has 0 bridgehead atoms. The molecule has 0 heterocycles. The first-order chi connectivity index (χ1) is 10.4. The number of aromatic hydroxyl groups is 1. The van der Waals surface area contributed by atoms with Crippen molar-refractivity contribution in [2.45, 2.75) is 25.6 Å². The van der Waals surface area contributed by atoms with Gasteiger partial charge >= 0.3 is 0 Å². The maximum absolute atomic E-state index is 9.49. The number of hydrogen-bond acceptors (Lipinski definition) is 2. The van der Waals surface area contributed by atoms with E-state index in [1.165, 1.54) is 0 Å². The normalized spacial score (nSPS) is 12.2. The van der Waals surface area contributed by atoms with Gasteiger partial charge in [0.1, 0.15) is 19.6 Å². The number of phenolic OH excluding ortho intramolecular Hbond substituents is 1. The molecule has 2 rings (SSSR count). The van der Waals surface area contributed by atoms with Gasteiger partial charge < -0.3 is 9.84 Å². The fraction of sp³-hybridized carbons (Fsp3) is 0.263. The van der Waals surface area contributed by atoms with E-state index >= 15 is 0 Å². The SMILES string of the molecule is COc1ccc(C(C#C[Si](C)(C)C)c2ccc(O)cc2)cc1. The molecule has 22 heavy (non-hydrogen) atoms. The minimum atomic E-state index is -1.45. The minimum absolute atomic E-state index is 0.0123. The van der Waals surface area contributed by atoms with Crippen molar-refractivity contribution < 1.29 is 9.84 Å². The van der Waals surface area contributed by atoms with E-state index in [1.54, 1.807) is 19.2 Å². The van der Waals surface area contributed by atoms with Crippen LogP contribution >= 0.6 is 0 Å². The first kappa shape index (κ1) is 16.2. The lowest BCUT2D eigenvalue weighted by Crippen LogP contribution is -2.17. The molecule has 2 aromatic carbocycles. The van der Waals surface area contributed by atoms with Gasteiger partial charge in [-0.05, 0) is 35.4 Å². The predicted molar refractivity (Wildman–Crippen MR) is 94.1 cm³/mol. The van der Waals surface area contributed by atoms with Gasteiger partial charge in [-0.15, -0.1) is 5.54 Å². The molecule has 0 saturated carbocycles. The molecule has 0 aliphatic rings. The van der Waals surface area contributed by atoms with Crippen molar-refractivity contribution in [3.05, 3.63) is 59.7 Å². The van der Waals surface area contributed by atoms with Gasteiger partial charge in [0.25, 0.3) is 0 Å². The summed E-state index contributed by atoms with van der Waals surface area (Å²) in [6, 6.07) is 15.3. The van der Waals surface area contributed by atoms with Crippen LogP contribution in [0, 0.1) is 11.5 Å². The number of benzene rings is 2. The molecule has 114 valence electrons. The minimum Gasteiger partial charge on any atom is -0.508 e. The van der Waals surface area contributed by atoms with Crippen molar-refractivity contribution in [3.8, 4) is 23.0 Å². The summed E-state index contributed by atoms with van der Waals surface area (Å²) >= 11 is 0. The van der Waals surface area contributed by atoms with Crippen molar-refractivity contribution in [3.63, 3.8) is 0 Å². The third kappa shape index (κ3) is 4.41. The van der Waals surface area contributed by atoms with Crippen molar-refractivity contribution in [2.75, 3.05) is 7.11 Å². The maximum atomic E-state index is 9.49. The lowest BCUT2D eigenvalue weighted by Gasteiger charge is -2.14. The van der Waals surface area contributed by atoms with E-state index in [9.17, 15) is 5.11 Å². The molecule has 0 spiro atoms. The van der Waals surface area contributed by atoms with Crippen molar-refractivity contribution >= 4 is 8.07 Å².